The van der Waals surface area contributed by atoms with E-state index in [-0.39, 0.29) is 42.6 Å². The van der Waals surface area contributed by atoms with Gasteiger partial charge in [-0.15, -0.1) is 11.6 Å². The van der Waals surface area contributed by atoms with Gasteiger partial charge in [0.25, 0.3) is 0 Å². The summed E-state index contributed by atoms with van der Waals surface area (Å²) < 4.78 is 41.9. The Labute approximate surface area is 402 Å². The molecule has 0 bridgehead atoms. The Morgan fingerprint density at radius 3 is 2.55 bits per heavy atom. The first-order valence-electron chi connectivity index (χ1n) is 21.7. The Balaban J connectivity index is 0.710. The maximum absolute atomic E-state index is 14.2. The number of hydrogen-bond acceptors (Lipinski definition) is 14. The van der Waals surface area contributed by atoms with Crippen molar-refractivity contribution >= 4 is 85.7 Å². The van der Waals surface area contributed by atoms with E-state index in [1.807, 2.05) is 27.9 Å². The lowest BCUT2D eigenvalue weighted by atomic mass is 9.93. The minimum atomic E-state index is -0.603. The van der Waals surface area contributed by atoms with Crippen molar-refractivity contribution in [2.45, 2.75) is 79.6 Å². The molecule has 2 saturated heterocycles. The molecule has 7 heterocycles. The SMILES string of the molecule is C[C@@H](Oc1cc(-c2cnn(C3CCN(C(=O)OCCC(=O)N4CCC(CCn5c(Sc6cc7c(cc6Br)OCO7)nc6c(N)ncnc65)CC4)CC3)c2)cnc1N)C1C(Cl)=C(F)C=CC1Cl. The van der Waals surface area contributed by atoms with E-state index in [0.29, 0.717) is 85.7 Å². The van der Waals surface area contributed by atoms with Crippen molar-refractivity contribution in [3.63, 3.8) is 0 Å². The Kier molecular flexibility index (Phi) is 13.8. The first-order chi connectivity index (χ1) is 31.9. The van der Waals surface area contributed by atoms with E-state index in [4.69, 9.17) is 58.6 Å². The van der Waals surface area contributed by atoms with Crippen LogP contribution in [0.25, 0.3) is 22.3 Å². The maximum atomic E-state index is 14.2. The number of carbonyl (C=O) groups excluding carboxylic acids is 2. The summed E-state index contributed by atoms with van der Waals surface area (Å²) in [5.41, 5.74) is 15.1. The summed E-state index contributed by atoms with van der Waals surface area (Å²) in [5.74, 6) is 1.39. The number of amides is 2. The number of rotatable bonds is 13. The van der Waals surface area contributed by atoms with Crippen molar-refractivity contribution in [3.8, 4) is 28.4 Å². The molecule has 22 heteroatoms. The number of piperidine rings is 2. The topological polar surface area (TPSA) is 204 Å². The highest BCUT2D eigenvalue weighted by molar-refractivity contribution is 9.10. The number of allylic oxidation sites excluding steroid dienone is 3. The maximum Gasteiger partial charge on any atom is 0.409 e. The second-order valence-corrected chi connectivity index (χ2v) is 19.3. The average Bonchev–Trinajstić information content (AvgIpc) is 4.08. The molecule has 5 aromatic rings. The molecule has 2 unspecified atom stereocenters. The quantitative estimate of drug-likeness (QED) is 0.106. The summed E-state index contributed by atoms with van der Waals surface area (Å²) >= 11 is 17.8. The first-order valence-corrected chi connectivity index (χ1v) is 24.1. The summed E-state index contributed by atoms with van der Waals surface area (Å²) in [6.45, 7) is 4.87. The molecule has 66 heavy (non-hydrogen) atoms. The Morgan fingerprint density at radius 2 is 1.76 bits per heavy atom. The monoisotopic (exact) mass is 1030 g/mol. The number of halogens is 4. The minimum absolute atomic E-state index is 0.00216. The van der Waals surface area contributed by atoms with Crippen LogP contribution in [0.15, 0.2) is 80.7 Å². The fraction of sp³-hybridized carbons (Fsp3) is 0.432. The van der Waals surface area contributed by atoms with Gasteiger partial charge in [0.1, 0.15) is 24.9 Å². The summed E-state index contributed by atoms with van der Waals surface area (Å²) in [6, 6.07) is 5.64. The average molecular weight is 1030 g/mol. The molecule has 1 aliphatic carbocycles. The van der Waals surface area contributed by atoms with Gasteiger partial charge >= 0.3 is 6.09 Å². The van der Waals surface area contributed by atoms with E-state index in [1.54, 1.807) is 36.4 Å². The smallest absolute Gasteiger partial charge is 0.409 e. The lowest BCUT2D eigenvalue weighted by molar-refractivity contribution is -0.133. The Bertz CT molecular complexity index is 2690. The largest absolute Gasteiger partial charge is 0.486 e. The summed E-state index contributed by atoms with van der Waals surface area (Å²) in [5, 5.41) is 4.80. The highest BCUT2D eigenvalue weighted by Crippen LogP contribution is 2.44. The number of benzene rings is 1. The van der Waals surface area contributed by atoms with Crippen LogP contribution >= 0.6 is 50.9 Å². The molecule has 1 aromatic carbocycles. The van der Waals surface area contributed by atoms with Gasteiger partial charge in [-0.25, -0.2) is 29.1 Å². The fourth-order valence-corrected chi connectivity index (χ4v) is 11.0. The second kappa shape index (κ2) is 19.9. The molecular weight excluding hydrogens is 980 g/mol. The van der Waals surface area contributed by atoms with Crippen molar-refractivity contribution in [2.75, 3.05) is 51.0 Å². The van der Waals surface area contributed by atoms with Crippen molar-refractivity contribution in [1.82, 2.24) is 44.1 Å². The summed E-state index contributed by atoms with van der Waals surface area (Å²) in [6.07, 6.45) is 12.6. The minimum Gasteiger partial charge on any atom is -0.486 e. The molecule has 3 aliphatic heterocycles. The van der Waals surface area contributed by atoms with Crippen LogP contribution in [0.4, 0.5) is 20.8 Å². The zero-order chi connectivity index (χ0) is 46.1. The van der Waals surface area contributed by atoms with Crippen molar-refractivity contribution < 1.29 is 32.9 Å². The lowest BCUT2D eigenvalue weighted by Crippen LogP contribution is -2.41. The number of carbonyl (C=O) groups is 2. The number of alkyl halides is 1. The molecule has 2 amide bonds. The number of nitrogens with two attached hydrogens (primary N) is 2. The molecule has 348 valence electrons. The van der Waals surface area contributed by atoms with Crippen molar-refractivity contribution in [3.05, 3.63) is 70.6 Å². The van der Waals surface area contributed by atoms with E-state index < -0.39 is 29.3 Å². The van der Waals surface area contributed by atoms with E-state index in [0.717, 1.165) is 44.9 Å². The number of hydrogen-bond donors (Lipinski definition) is 2. The van der Waals surface area contributed by atoms with Crippen LogP contribution in [-0.2, 0) is 16.1 Å². The van der Waals surface area contributed by atoms with Gasteiger partial charge in [0.15, 0.2) is 45.2 Å². The zero-order valence-corrected chi connectivity index (χ0v) is 39.7. The van der Waals surface area contributed by atoms with Gasteiger partial charge in [-0.2, -0.15) is 5.10 Å². The predicted octanol–water partition coefficient (Wildman–Crippen LogP) is 8.36. The molecular formula is C44H47BrCl2FN11O6S. The summed E-state index contributed by atoms with van der Waals surface area (Å²) in [4.78, 5) is 48.5. The number of likely N-dealkylation sites (tertiary alicyclic amines) is 2. The van der Waals surface area contributed by atoms with E-state index in [1.165, 1.54) is 24.2 Å². The number of ether oxygens (including phenoxy) is 4. The Morgan fingerprint density at radius 1 is 1.00 bits per heavy atom. The third-order valence-corrected chi connectivity index (χ3v) is 15.3. The molecule has 0 spiro atoms. The molecule has 4 aromatic heterocycles. The van der Waals surface area contributed by atoms with Gasteiger partial charge in [-0.3, -0.25) is 9.48 Å². The standard InChI is InChI=1S/C44H47BrCl2FN11O6S/c1-24(37-30(46)2-3-31(48)38(37)47)65-34-16-26(19-51-40(34)49)27-20-54-59(21-27)28-7-12-57(13-8-28)44(61)62-15-9-36(60)56-10-4-25(5-11-56)6-14-58-42-39(41(50)52-22-53-42)55-43(58)66-35-18-33-32(17-29(35)45)63-23-64-33/h2-3,16-22,24-25,28,30,37H,4-15,23H2,1H3,(H2,49,51)(H2,50,52,53)/t24-,30?,37?/m1/s1. The molecule has 0 radical (unpaired) electrons. The van der Waals surface area contributed by atoms with E-state index in [9.17, 15) is 14.0 Å². The predicted molar refractivity (Wildman–Crippen MR) is 250 cm³/mol. The number of aromatic nitrogens is 7. The summed E-state index contributed by atoms with van der Waals surface area (Å²) in [7, 11) is 0. The van der Waals surface area contributed by atoms with Crippen LogP contribution in [0.1, 0.15) is 51.5 Å². The van der Waals surface area contributed by atoms with Gasteiger partial charge < -0.3 is 44.8 Å². The molecule has 9 rings (SSSR count). The molecule has 0 saturated carbocycles. The molecule has 4 aliphatic rings. The number of nitrogens with zero attached hydrogens (tertiary/aromatic N) is 9. The van der Waals surface area contributed by atoms with Crippen LogP contribution < -0.4 is 25.7 Å². The normalized spacial score (nSPS) is 19.5. The third-order valence-electron chi connectivity index (χ3n) is 12.4. The first kappa shape index (κ1) is 45.8. The number of imidazole rings is 1. The van der Waals surface area contributed by atoms with E-state index in [2.05, 4.69) is 40.5 Å². The fourth-order valence-electron chi connectivity index (χ4n) is 8.67. The molecule has 17 nitrogen and oxygen atoms in total. The van der Waals surface area contributed by atoms with Crippen LogP contribution in [0.3, 0.4) is 0 Å². The molecule has 2 fully saturated rings. The highest BCUT2D eigenvalue weighted by Gasteiger charge is 2.34. The third kappa shape index (κ3) is 9.87. The van der Waals surface area contributed by atoms with Crippen LogP contribution in [-0.4, -0.2) is 107 Å². The van der Waals surface area contributed by atoms with Crippen molar-refractivity contribution in [2.24, 2.45) is 11.8 Å². The number of aryl methyl sites for hydroxylation is 1. The number of fused-ring (bicyclic) bond motifs is 2. The Hall–Kier alpha value is -5.31. The van der Waals surface area contributed by atoms with Crippen LogP contribution in [0, 0.1) is 11.8 Å². The number of anilines is 2. The van der Waals surface area contributed by atoms with Crippen molar-refractivity contribution in [1.29, 1.82) is 0 Å². The number of pyridine rings is 1. The van der Waals surface area contributed by atoms with Gasteiger partial charge in [0.2, 0.25) is 12.7 Å². The second-order valence-electron chi connectivity index (χ2n) is 16.6. The van der Waals surface area contributed by atoms with Crippen LogP contribution in [0.2, 0.25) is 0 Å². The highest BCUT2D eigenvalue weighted by atomic mass is 79.9. The van der Waals surface area contributed by atoms with Gasteiger partial charge in [-0.1, -0.05) is 29.4 Å². The zero-order valence-electron chi connectivity index (χ0n) is 35.8. The van der Waals surface area contributed by atoms with Gasteiger partial charge in [0, 0.05) is 65.6 Å². The van der Waals surface area contributed by atoms with Gasteiger partial charge in [0.05, 0.1) is 35.0 Å². The molecule has 4 N–H and O–H groups in total. The van der Waals surface area contributed by atoms with Gasteiger partial charge in [-0.05, 0) is 85.2 Å². The molecule has 3 atom stereocenters. The van der Waals surface area contributed by atoms with Crippen LogP contribution in [0.5, 0.6) is 17.2 Å². The lowest BCUT2D eigenvalue weighted by Gasteiger charge is -2.33. The van der Waals surface area contributed by atoms with E-state index >= 15 is 0 Å². The number of nitrogen functional groups attached to an aromatic ring is 2.